The maximum atomic E-state index is 6.19. The number of rotatable bonds is 6. The molecule has 0 unspecified atom stereocenters. The summed E-state index contributed by atoms with van der Waals surface area (Å²) in [6.45, 7) is 2.06. The molecule has 0 fully saturated rings. The summed E-state index contributed by atoms with van der Waals surface area (Å²) in [5.41, 5.74) is 6.95. The van der Waals surface area contributed by atoms with Gasteiger partial charge in [-0.05, 0) is 24.6 Å². The van der Waals surface area contributed by atoms with E-state index >= 15 is 0 Å². The van der Waals surface area contributed by atoms with Gasteiger partial charge in [-0.15, -0.1) is 11.3 Å². The lowest BCUT2D eigenvalue weighted by molar-refractivity contribution is 0.355. The Balaban J connectivity index is 1.71. The van der Waals surface area contributed by atoms with Gasteiger partial charge in [-0.3, -0.25) is 5.43 Å². The van der Waals surface area contributed by atoms with Gasteiger partial charge in [0.1, 0.15) is 0 Å². The average molecular weight is 388 g/mol. The van der Waals surface area contributed by atoms with Gasteiger partial charge < -0.3 is 9.47 Å². The normalized spacial score (nSPS) is 10.9. The van der Waals surface area contributed by atoms with Crippen LogP contribution in [0.5, 0.6) is 11.5 Å². The number of aryl methyl sites for hydroxylation is 1. The Morgan fingerprint density at radius 1 is 1.15 bits per heavy atom. The van der Waals surface area contributed by atoms with Crippen molar-refractivity contribution in [1.82, 2.24) is 4.98 Å². The van der Waals surface area contributed by atoms with Crippen LogP contribution in [-0.4, -0.2) is 25.4 Å². The molecule has 0 aliphatic heterocycles. The highest BCUT2D eigenvalue weighted by Crippen LogP contribution is 2.35. The summed E-state index contributed by atoms with van der Waals surface area (Å²) in [5.74, 6) is 1.05. The highest BCUT2D eigenvalue weighted by molar-refractivity contribution is 7.14. The zero-order chi connectivity index (χ0) is 18.5. The molecule has 0 atom stereocenters. The minimum atomic E-state index is 0.462. The molecule has 3 aromatic rings. The molecule has 1 heterocycles. The number of thiazole rings is 1. The number of aromatic nitrogens is 1. The third kappa shape index (κ3) is 4.15. The molecule has 134 valence electrons. The number of nitrogens with one attached hydrogen (secondary N) is 1. The van der Waals surface area contributed by atoms with Gasteiger partial charge in [0.05, 0.1) is 31.2 Å². The van der Waals surface area contributed by atoms with Crippen LogP contribution in [0.15, 0.2) is 46.9 Å². The van der Waals surface area contributed by atoms with Crippen molar-refractivity contribution < 1.29 is 9.47 Å². The molecule has 0 saturated carbocycles. The summed E-state index contributed by atoms with van der Waals surface area (Å²) in [6.07, 6.45) is 1.65. The average Bonchev–Trinajstić information content (AvgIpc) is 3.10. The van der Waals surface area contributed by atoms with E-state index in [1.807, 2.05) is 5.38 Å². The number of nitrogens with zero attached hydrogens (tertiary/aromatic N) is 2. The summed E-state index contributed by atoms with van der Waals surface area (Å²) >= 11 is 7.69. The molecule has 0 radical (unpaired) electrons. The number of halogens is 1. The minimum absolute atomic E-state index is 0.462. The second-order valence-corrected chi connectivity index (χ2v) is 6.78. The van der Waals surface area contributed by atoms with Crippen molar-refractivity contribution in [3.8, 4) is 22.8 Å². The monoisotopic (exact) mass is 387 g/mol. The van der Waals surface area contributed by atoms with Crippen LogP contribution in [-0.2, 0) is 0 Å². The van der Waals surface area contributed by atoms with Crippen molar-refractivity contribution in [1.29, 1.82) is 0 Å². The number of hydrogen-bond acceptors (Lipinski definition) is 6. The lowest BCUT2D eigenvalue weighted by Gasteiger charge is -2.09. The Kier molecular flexibility index (Phi) is 5.75. The molecule has 0 bridgehead atoms. The van der Waals surface area contributed by atoms with Crippen molar-refractivity contribution in [2.45, 2.75) is 6.92 Å². The van der Waals surface area contributed by atoms with Gasteiger partial charge >= 0.3 is 0 Å². The predicted octanol–water partition coefficient (Wildman–Crippen LogP) is 5.24. The van der Waals surface area contributed by atoms with Crippen molar-refractivity contribution in [2.24, 2.45) is 5.10 Å². The Hall–Kier alpha value is -2.57. The van der Waals surface area contributed by atoms with Crippen LogP contribution < -0.4 is 14.9 Å². The number of methoxy groups -OCH3 is 2. The lowest BCUT2D eigenvalue weighted by atomic mass is 10.1. The quantitative estimate of drug-likeness (QED) is 0.464. The Morgan fingerprint density at radius 2 is 1.92 bits per heavy atom. The molecule has 0 spiro atoms. The highest BCUT2D eigenvalue weighted by atomic mass is 35.5. The molecular formula is C19H18ClN3O2S. The summed E-state index contributed by atoms with van der Waals surface area (Å²) in [5, 5.41) is 7.39. The van der Waals surface area contributed by atoms with Crippen LogP contribution in [0.2, 0.25) is 5.02 Å². The number of benzene rings is 2. The molecule has 0 amide bonds. The summed E-state index contributed by atoms with van der Waals surface area (Å²) < 4.78 is 10.5. The second kappa shape index (κ2) is 8.21. The van der Waals surface area contributed by atoms with E-state index in [2.05, 4.69) is 46.7 Å². The van der Waals surface area contributed by atoms with Gasteiger partial charge in [0.15, 0.2) is 11.5 Å². The Labute approximate surface area is 161 Å². The van der Waals surface area contributed by atoms with E-state index in [1.165, 1.54) is 16.9 Å². The zero-order valence-corrected chi connectivity index (χ0v) is 16.2. The standard InChI is InChI=1S/C19H18ClN3O2S/c1-12-4-6-14(7-5-12)16-11-26-19(22-16)23-21-10-13-8-15(20)18(25-3)17(9-13)24-2/h4-11H,1-3H3,(H,22,23)/b21-10-. The predicted molar refractivity (Wildman–Crippen MR) is 108 cm³/mol. The van der Waals surface area contributed by atoms with E-state index in [4.69, 9.17) is 21.1 Å². The fraction of sp³-hybridized carbons (Fsp3) is 0.158. The van der Waals surface area contributed by atoms with Crippen molar-refractivity contribution in [3.05, 3.63) is 57.9 Å². The third-order valence-electron chi connectivity index (χ3n) is 3.68. The first-order valence-corrected chi connectivity index (χ1v) is 9.09. The third-order valence-corrected chi connectivity index (χ3v) is 4.71. The fourth-order valence-corrected chi connectivity index (χ4v) is 3.32. The minimum Gasteiger partial charge on any atom is -0.493 e. The van der Waals surface area contributed by atoms with E-state index in [0.717, 1.165) is 16.8 Å². The van der Waals surface area contributed by atoms with Gasteiger partial charge in [0.25, 0.3) is 0 Å². The molecule has 26 heavy (non-hydrogen) atoms. The topological polar surface area (TPSA) is 55.7 Å². The summed E-state index contributed by atoms with van der Waals surface area (Å²) in [4.78, 5) is 4.54. The number of anilines is 1. The molecule has 0 aliphatic rings. The number of hydrogen-bond donors (Lipinski definition) is 1. The van der Waals surface area contributed by atoms with Gasteiger partial charge in [0.2, 0.25) is 5.13 Å². The summed E-state index contributed by atoms with van der Waals surface area (Å²) in [7, 11) is 3.11. The number of hydrazone groups is 1. The van der Waals surface area contributed by atoms with Crippen LogP contribution in [0.3, 0.4) is 0 Å². The van der Waals surface area contributed by atoms with E-state index in [0.29, 0.717) is 21.7 Å². The van der Waals surface area contributed by atoms with Gasteiger partial charge in [-0.1, -0.05) is 41.4 Å². The number of ether oxygens (including phenoxy) is 2. The second-order valence-electron chi connectivity index (χ2n) is 5.51. The maximum Gasteiger partial charge on any atom is 0.203 e. The molecular weight excluding hydrogens is 370 g/mol. The molecule has 1 aromatic heterocycles. The Morgan fingerprint density at radius 3 is 2.62 bits per heavy atom. The Bertz CT molecular complexity index is 923. The first kappa shape index (κ1) is 18.2. The van der Waals surface area contributed by atoms with Crippen LogP contribution in [0.25, 0.3) is 11.3 Å². The van der Waals surface area contributed by atoms with Crippen molar-refractivity contribution in [2.75, 3.05) is 19.6 Å². The van der Waals surface area contributed by atoms with Gasteiger partial charge in [-0.25, -0.2) is 4.98 Å². The first-order chi connectivity index (χ1) is 12.6. The van der Waals surface area contributed by atoms with E-state index in [9.17, 15) is 0 Å². The highest BCUT2D eigenvalue weighted by Gasteiger charge is 2.10. The molecule has 0 saturated heterocycles. The van der Waals surface area contributed by atoms with E-state index in [-0.39, 0.29) is 0 Å². The molecule has 0 aliphatic carbocycles. The maximum absolute atomic E-state index is 6.19. The van der Waals surface area contributed by atoms with Crippen LogP contribution in [0, 0.1) is 6.92 Å². The SMILES string of the molecule is COc1cc(/C=N\Nc2nc(-c3ccc(C)cc3)cs2)cc(Cl)c1OC. The van der Waals surface area contributed by atoms with Crippen LogP contribution in [0.4, 0.5) is 5.13 Å². The smallest absolute Gasteiger partial charge is 0.203 e. The molecule has 1 N–H and O–H groups in total. The van der Waals surface area contributed by atoms with E-state index in [1.54, 1.807) is 32.6 Å². The molecule has 2 aromatic carbocycles. The molecule has 3 rings (SSSR count). The first-order valence-electron chi connectivity index (χ1n) is 7.84. The largest absolute Gasteiger partial charge is 0.493 e. The van der Waals surface area contributed by atoms with Gasteiger partial charge in [-0.2, -0.15) is 5.10 Å². The molecule has 7 heteroatoms. The van der Waals surface area contributed by atoms with Gasteiger partial charge in [0, 0.05) is 10.9 Å². The van der Waals surface area contributed by atoms with Crippen molar-refractivity contribution >= 4 is 34.3 Å². The fourth-order valence-electron chi connectivity index (χ4n) is 2.36. The van der Waals surface area contributed by atoms with E-state index < -0.39 is 0 Å². The van der Waals surface area contributed by atoms with Crippen LogP contribution >= 0.6 is 22.9 Å². The lowest BCUT2D eigenvalue weighted by Crippen LogP contribution is -1.95. The molecule has 5 nitrogen and oxygen atoms in total. The van der Waals surface area contributed by atoms with Crippen molar-refractivity contribution in [3.63, 3.8) is 0 Å². The van der Waals surface area contributed by atoms with Crippen LogP contribution in [0.1, 0.15) is 11.1 Å². The summed E-state index contributed by atoms with van der Waals surface area (Å²) in [6, 6.07) is 11.8. The zero-order valence-electron chi connectivity index (χ0n) is 14.6.